The van der Waals surface area contributed by atoms with Gasteiger partial charge in [-0.1, -0.05) is 28.9 Å². The van der Waals surface area contributed by atoms with E-state index in [0.29, 0.717) is 35.0 Å². The van der Waals surface area contributed by atoms with E-state index in [1.165, 1.54) is 0 Å². The Balaban J connectivity index is 1.88. The first-order valence-corrected chi connectivity index (χ1v) is 7.01. The van der Waals surface area contributed by atoms with Gasteiger partial charge in [0.1, 0.15) is 11.3 Å². The Morgan fingerprint density at radius 2 is 2.24 bits per heavy atom. The lowest BCUT2D eigenvalue weighted by atomic mass is 10.1. The van der Waals surface area contributed by atoms with Crippen LogP contribution in [0.3, 0.4) is 0 Å². The zero-order valence-electron chi connectivity index (χ0n) is 11.9. The molecule has 2 N–H and O–H groups in total. The fourth-order valence-corrected chi connectivity index (χ4v) is 2.30. The normalized spacial score (nSPS) is 12.2. The number of carbonyl (C=O) groups excluding carboxylic acids is 1. The first-order valence-electron chi connectivity index (χ1n) is 6.63. The van der Waals surface area contributed by atoms with Crippen LogP contribution in [0.5, 0.6) is 0 Å². The van der Waals surface area contributed by atoms with E-state index in [0.717, 1.165) is 5.56 Å². The Morgan fingerprint density at radius 1 is 1.48 bits per heavy atom. The van der Waals surface area contributed by atoms with Crippen LogP contribution >= 0.6 is 11.6 Å². The van der Waals surface area contributed by atoms with Crippen molar-refractivity contribution in [3.63, 3.8) is 0 Å². The number of amides is 1. The van der Waals surface area contributed by atoms with Crippen molar-refractivity contribution in [2.75, 3.05) is 6.54 Å². The maximum atomic E-state index is 12.0. The van der Waals surface area contributed by atoms with Crippen LogP contribution in [0.4, 0.5) is 0 Å². The van der Waals surface area contributed by atoms with Crippen LogP contribution < -0.4 is 5.32 Å². The molecule has 112 valence electrons. The zero-order chi connectivity index (χ0) is 15.4. The van der Waals surface area contributed by atoms with Gasteiger partial charge in [0, 0.05) is 11.6 Å². The molecule has 1 heterocycles. The smallest absolute Gasteiger partial charge is 0.256 e. The van der Waals surface area contributed by atoms with E-state index in [2.05, 4.69) is 10.5 Å². The first-order chi connectivity index (χ1) is 9.99. The molecule has 0 bridgehead atoms. The number of aryl methyl sites for hydroxylation is 2. The zero-order valence-corrected chi connectivity index (χ0v) is 12.6. The van der Waals surface area contributed by atoms with Crippen molar-refractivity contribution < 1.29 is 14.4 Å². The van der Waals surface area contributed by atoms with Gasteiger partial charge in [0.25, 0.3) is 5.91 Å². The molecule has 1 aromatic heterocycles. The minimum absolute atomic E-state index is 0.246. The number of carbonyl (C=O) groups is 1. The van der Waals surface area contributed by atoms with Crippen LogP contribution in [0.2, 0.25) is 5.02 Å². The molecule has 2 aromatic rings. The number of nitrogens with one attached hydrogen (secondary N) is 1. The van der Waals surface area contributed by atoms with Gasteiger partial charge in [0.2, 0.25) is 0 Å². The lowest BCUT2D eigenvalue weighted by Crippen LogP contribution is -2.26. The highest BCUT2D eigenvalue weighted by Crippen LogP contribution is 2.20. The van der Waals surface area contributed by atoms with Crippen molar-refractivity contribution in [1.29, 1.82) is 0 Å². The predicted octanol–water partition coefficient (Wildman–Crippen LogP) is 2.80. The van der Waals surface area contributed by atoms with Crippen molar-refractivity contribution >= 4 is 17.5 Å². The maximum absolute atomic E-state index is 12.0. The van der Waals surface area contributed by atoms with E-state index >= 15 is 0 Å². The van der Waals surface area contributed by atoms with Crippen molar-refractivity contribution in [2.24, 2.45) is 0 Å². The Morgan fingerprint density at radius 3 is 2.86 bits per heavy atom. The number of hydrogen-bond donors (Lipinski definition) is 2. The minimum atomic E-state index is -0.673. The third-order valence-corrected chi connectivity index (χ3v) is 3.43. The van der Waals surface area contributed by atoms with E-state index < -0.39 is 6.10 Å². The lowest BCUT2D eigenvalue weighted by Gasteiger charge is -2.12. The van der Waals surface area contributed by atoms with Gasteiger partial charge in [0.15, 0.2) is 0 Å². The number of halogens is 1. The molecule has 2 rings (SSSR count). The number of aliphatic hydroxyl groups is 1. The molecule has 0 saturated carbocycles. The number of hydrogen-bond acceptors (Lipinski definition) is 4. The molecule has 0 aliphatic carbocycles. The van der Waals surface area contributed by atoms with Gasteiger partial charge in [-0.25, -0.2) is 0 Å². The highest BCUT2D eigenvalue weighted by atomic mass is 35.5. The number of aromatic nitrogens is 1. The second kappa shape index (κ2) is 6.74. The molecule has 0 spiro atoms. The summed E-state index contributed by atoms with van der Waals surface area (Å²) in [5, 5.41) is 17.1. The van der Waals surface area contributed by atoms with Crippen molar-refractivity contribution in [2.45, 2.75) is 26.4 Å². The van der Waals surface area contributed by atoms with Crippen LogP contribution in [-0.4, -0.2) is 22.7 Å². The highest BCUT2D eigenvalue weighted by Gasteiger charge is 2.17. The van der Waals surface area contributed by atoms with Gasteiger partial charge in [-0.05, 0) is 38.0 Å². The summed E-state index contributed by atoms with van der Waals surface area (Å²) in [6.45, 7) is 3.75. The Bertz CT molecular complexity index is 620. The molecule has 0 aliphatic heterocycles. The molecule has 0 aliphatic rings. The van der Waals surface area contributed by atoms with Crippen molar-refractivity contribution in [1.82, 2.24) is 10.5 Å². The quantitative estimate of drug-likeness (QED) is 0.890. The van der Waals surface area contributed by atoms with Crippen molar-refractivity contribution in [3.8, 4) is 0 Å². The fourth-order valence-electron chi connectivity index (χ4n) is 2.10. The third-order valence-electron chi connectivity index (χ3n) is 3.20. The third kappa shape index (κ3) is 3.83. The summed E-state index contributed by atoms with van der Waals surface area (Å²) in [6.07, 6.45) is -0.274. The number of benzene rings is 1. The molecule has 5 nitrogen and oxygen atoms in total. The topological polar surface area (TPSA) is 75.4 Å². The van der Waals surface area contributed by atoms with E-state index in [-0.39, 0.29) is 5.91 Å². The summed E-state index contributed by atoms with van der Waals surface area (Å²) in [4.78, 5) is 12.0. The summed E-state index contributed by atoms with van der Waals surface area (Å²) in [6, 6.07) is 7.04. The van der Waals surface area contributed by atoms with Gasteiger partial charge in [0.05, 0.1) is 11.8 Å². The monoisotopic (exact) mass is 308 g/mol. The van der Waals surface area contributed by atoms with Crippen LogP contribution in [0, 0.1) is 13.8 Å². The van der Waals surface area contributed by atoms with E-state index in [1.54, 1.807) is 38.1 Å². The summed E-state index contributed by atoms with van der Waals surface area (Å²) >= 11 is 5.88. The molecule has 1 amide bonds. The molecule has 0 unspecified atom stereocenters. The fraction of sp³-hybridized carbons (Fsp3) is 0.333. The van der Waals surface area contributed by atoms with Gasteiger partial charge in [-0.3, -0.25) is 4.79 Å². The van der Waals surface area contributed by atoms with Gasteiger partial charge >= 0.3 is 0 Å². The van der Waals surface area contributed by atoms with Crippen molar-refractivity contribution in [3.05, 3.63) is 51.9 Å². The maximum Gasteiger partial charge on any atom is 0.256 e. The molecule has 6 heteroatoms. The second-order valence-corrected chi connectivity index (χ2v) is 5.25. The van der Waals surface area contributed by atoms with Gasteiger partial charge in [-0.15, -0.1) is 0 Å². The Hall–Kier alpha value is -1.85. The molecule has 21 heavy (non-hydrogen) atoms. The molecular formula is C15H17ClN2O3. The molecule has 0 fully saturated rings. The number of nitrogens with zero attached hydrogens (tertiary/aromatic N) is 1. The SMILES string of the molecule is Cc1noc(C)c1C(=O)NCC[C@@H](O)c1cccc(Cl)c1. The average molecular weight is 309 g/mol. The largest absolute Gasteiger partial charge is 0.388 e. The average Bonchev–Trinajstić information content (AvgIpc) is 2.78. The minimum Gasteiger partial charge on any atom is -0.388 e. The summed E-state index contributed by atoms with van der Waals surface area (Å²) in [7, 11) is 0. The molecule has 0 saturated heterocycles. The summed E-state index contributed by atoms with van der Waals surface area (Å²) in [5.41, 5.74) is 1.74. The van der Waals surface area contributed by atoms with Crippen LogP contribution in [0.25, 0.3) is 0 Å². The second-order valence-electron chi connectivity index (χ2n) is 4.81. The number of rotatable bonds is 5. The molecule has 1 aromatic carbocycles. The van der Waals surface area contributed by atoms with E-state index in [9.17, 15) is 9.90 Å². The number of aliphatic hydroxyl groups excluding tert-OH is 1. The van der Waals surface area contributed by atoms with Gasteiger partial charge < -0.3 is 14.9 Å². The molecule has 0 radical (unpaired) electrons. The Kier molecular flexibility index (Phi) is 4.98. The van der Waals surface area contributed by atoms with Crippen LogP contribution in [0.15, 0.2) is 28.8 Å². The van der Waals surface area contributed by atoms with Crippen LogP contribution in [-0.2, 0) is 0 Å². The lowest BCUT2D eigenvalue weighted by molar-refractivity contribution is 0.0940. The summed E-state index contributed by atoms with van der Waals surface area (Å²) in [5.74, 6) is 0.241. The first kappa shape index (κ1) is 15.5. The highest BCUT2D eigenvalue weighted by molar-refractivity contribution is 6.30. The standard InChI is InChI=1S/C15H17ClN2O3/c1-9-14(10(2)21-18-9)15(20)17-7-6-13(19)11-4-3-5-12(16)8-11/h3-5,8,13,19H,6-7H2,1-2H3,(H,17,20)/t13-/m1/s1. The molecule has 1 atom stereocenters. The van der Waals surface area contributed by atoms with E-state index in [1.807, 2.05) is 0 Å². The van der Waals surface area contributed by atoms with Crippen LogP contribution in [0.1, 0.15) is 39.9 Å². The van der Waals surface area contributed by atoms with Gasteiger partial charge in [-0.2, -0.15) is 0 Å². The Labute approximate surface area is 127 Å². The van der Waals surface area contributed by atoms with E-state index in [4.69, 9.17) is 16.1 Å². The predicted molar refractivity (Wildman–Crippen MR) is 79.3 cm³/mol. The summed E-state index contributed by atoms with van der Waals surface area (Å²) < 4.78 is 4.95. The molecular weight excluding hydrogens is 292 g/mol.